The number of carbonyl (C=O) groups excluding carboxylic acids is 3. The summed E-state index contributed by atoms with van der Waals surface area (Å²) in [5.74, 6) is -0.0519. The van der Waals surface area contributed by atoms with Crippen LogP contribution in [0.2, 0.25) is 0 Å². The third kappa shape index (κ3) is 9.11. The van der Waals surface area contributed by atoms with E-state index in [-0.39, 0.29) is 23.0 Å². The standard InChI is InChI=1S/C34H32N4O8S/c1-21-16-25(38(42)43)12-15-27(21)36-32(39)20-47-26-13-10-24(11-14-26)35-34(41)28(37-33(40)22-8-6-5-7-9-22)17-23-18-30(45-3)31(46-4)19-29(23)44-2/h5-19H,20H2,1-4H3,(H,35,41)(H,36,39)(H,37,40)/b28-17-. The Morgan fingerprint density at radius 1 is 0.830 bits per heavy atom. The molecule has 4 aromatic carbocycles. The molecule has 4 aromatic rings. The average Bonchev–Trinajstić information content (AvgIpc) is 3.08. The quantitative estimate of drug-likeness (QED) is 0.0672. The normalized spacial score (nSPS) is 10.9. The van der Waals surface area contributed by atoms with Gasteiger partial charge in [-0.05, 0) is 67.1 Å². The predicted molar refractivity (Wildman–Crippen MR) is 180 cm³/mol. The number of ether oxygens (including phenoxy) is 3. The molecular formula is C34H32N4O8S. The lowest BCUT2D eigenvalue weighted by Crippen LogP contribution is -2.30. The van der Waals surface area contributed by atoms with E-state index >= 15 is 0 Å². The molecule has 13 heteroatoms. The molecule has 0 spiro atoms. The third-order valence-corrected chi connectivity index (χ3v) is 7.75. The van der Waals surface area contributed by atoms with Crippen molar-refractivity contribution in [3.8, 4) is 17.2 Å². The summed E-state index contributed by atoms with van der Waals surface area (Å²) in [5, 5.41) is 19.2. The lowest BCUT2D eigenvalue weighted by atomic mass is 10.1. The summed E-state index contributed by atoms with van der Waals surface area (Å²) in [6.07, 6.45) is 1.48. The van der Waals surface area contributed by atoms with Gasteiger partial charge in [-0.1, -0.05) is 18.2 Å². The van der Waals surface area contributed by atoms with Crippen LogP contribution in [0.5, 0.6) is 17.2 Å². The highest BCUT2D eigenvalue weighted by atomic mass is 32.2. The minimum absolute atomic E-state index is 0.0519. The van der Waals surface area contributed by atoms with Crippen LogP contribution in [-0.4, -0.2) is 49.7 Å². The van der Waals surface area contributed by atoms with Crippen molar-refractivity contribution in [2.24, 2.45) is 0 Å². The molecule has 12 nitrogen and oxygen atoms in total. The monoisotopic (exact) mass is 656 g/mol. The number of non-ortho nitro benzene ring substituents is 1. The molecule has 0 fully saturated rings. The Morgan fingerprint density at radius 2 is 1.49 bits per heavy atom. The Morgan fingerprint density at radius 3 is 2.11 bits per heavy atom. The van der Waals surface area contributed by atoms with E-state index in [0.717, 1.165) is 4.90 Å². The fourth-order valence-electron chi connectivity index (χ4n) is 4.33. The maximum Gasteiger partial charge on any atom is 0.272 e. The number of anilines is 2. The number of nitro benzene ring substituents is 1. The van der Waals surface area contributed by atoms with Crippen molar-refractivity contribution in [2.75, 3.05) is 37.7 Å². The van der Waals surface area contributed by atoms with E-state index in [4.69, 9.17) is 14.2 Å². The van der Waals surface area contributed by atoms with Crippen molar-refractivity contribution in [1.29, 1.82) is 0 Å². The molecule has 242 valence electrons. The van der Waals surface area contributed by atoms with Crippen LogP contribution in [0.15, 0.2) is 95.5 Å². The summed E-state index contributed by atoms with van der Waals surface area (Å²) in [6, 6.07) is 22.8. The minimum atomic E-state index is -0.593. The molecule has 0 heterocycles. The molecule has 0 radical (unpaired) electrons. The second-order valence-electron chi connectivity index (χ2n) is 9.90. The fraction of sp³-hybridized carbons (Fsp3) is 0.147. The number of nitrogens with one attached hydrogen (secondary N) is 3. The molecule has 0 unspecified atom stereocenters. The van der Waals surface area contributed by atoms with Crippen molar-refractivity contribution < 1.29 is 33.5 Å². The summed E-state index contributed by atoms with van der Waals surface area (Å²) in [4.78, 5) is 50.3. The minimum Gasteiger partial charge on any atom is -0.496 e. The first-order valence-electron chi connectivity index (χ1n) is 14.1. The van der Waals surface area contributed by atoms with Gasteiger partial charge in [-0.3, -0.25) is 24.5 Å². The van der Waals surface area contributed by atoms with Gasteiger partial charge in [0.1, 0.15) is 11.4 Å². The largest absolute Gasteiger partial charge is 0.496 e. The molecule has 4 rings (SSSR count). The second-order valence-corrected chi connectivity index (χ2v) is 10.9. The molecule has 0 atom stereocenters. The number of hydrogen-bond acceptors (Lipinski definition) is 9. The first kappa shape index (κ1) is 34.1. The maximum atomic E-state index is 13.5. The molecular weight excluding hydrogens is 624 g/mol. The van der Waals surface area contributed by atoms with Crippen molar-refractivity contribution >= 4 is 52.6 Å². The van der Waals surface area contributed by atoms with Gasteiger partial charge in [0.25, 0.3) is 17.5 Å². The number of thioether (sulfide) groups is 1. The van der Waals surface area contributed by atoms with Crippen LogP contribution in [0.3, 0.4) is 0 Å². The predicted octanol–water partition coefficient (Wildman–Crippen LogP) is 6.07. The summed E-state index contributed by atoms with van der Waals surface area (Å²) >= 11 is 1.28. The SMILES string of the molecule is COc1cc(OC)c(OC)cc1/C=C(\NC(=O)c1ccccc1)C(=O)Nc1ccc(SCC(=O)Nc2ccc([N+](=O)[O-])cc2C)cc1. The Kier molecular flexibility index (Phi) is 11.6. The molecule has 3 N–H and O–H groups in total. The van der Waals surface area contributed by atoms with Gasteiger partial charge < -0.3 is 30.2 Å². The lowest BCUT2D eigenvalue weighted by Gasteiger charge is -2.15. The van der Waals surface area contributed by atoms with Gasteiger partial charge in [0.15, 0.2) is 11.5 Å². The number of benzene rings is 4. The van der Waals surface area contributed by atoms with E-state index in [1.54, 1.807) is 73.7 Å². The average molecular weight is 657 g/mol. The van der Waals surface area contributed by atoms with Crippen molar-refractivity contribution in [3.63, 3.8) is 0 Å². The summed E-state index contributed by atoms with van der Waals surface area (Å²) in [5.41, 5.74) is 2.23. The molecule has 47 heavy (non-hydrogen) atoms. The van der Waals surface area contributed by atoms with E-state index in [1.165, 1.54) is 57.4 Å². The zero-order chi connectivity index (χ0) is 33.9. The van der Waals surface area contributed by atoms with Crippen LogP contribution in [0.25, 0.3) is 6.08 Å². The van der Waals surface area contributed by atoms with Crippen LogP contribution >= 0.6 is 11.8 Å². The number of hydrogen-bond donors (Lipinski definition) is 3. The van der Waals surface area contributed by atoms with Gasteiger partial charge in [0, 0.05) is 45.6 Å². The summed E-state index contributed by atoms with van der Waals surface area (Å²) < 4.78 is 16.3. The number of nitrogens with zero attached hydrogens (tertiary/aromatic N) is 1. The zero-order valence-electron chi connectivity index (χ0n) is 26.0. The highest BCUT2D eigenvalue weighted by molar-refractivity contribution is 8.00. The summed E-state index contributed by atoms with van der Waals surface area (Å²) in [6.45, 7) is 1.68. The van der Waals surface area contributed by atoms with Gasteiger partial charge in [0.2, 0.25) is 5.91 Å². The first-order valence-corrected chi connectivity index (χ1v) is 15.1. The Labute approximate surface area is 275 Å². The van der Waals surface area contributed by atoms with Crippen LogP contribution in [0, 0.1) is 17.0 Å². The zero-order valence-corrected chi connectivity index (χ0v) is 26.8. The maximum absolute atomic E-state index is 13.5. The molecule has 0 saturated heterocycles. The Bertz CT molecular complexity index is 1810. The molecule has 0 aliphatic carbocycles. The molecule has 0 saturated carbocycles. The molecule has 0 bridgehead atoms. The molecule has 0 aliphatic heterocycles. The topological polar surface area (TPSA) is 158 Å². The van der Waals surface area contributed by atoms with Crippen LogP contribution < -0.4 is 30.2 Å². The van der Waals surface area contributed by atoms with Gasteiger partial charge in [0.05, 0.1) is 32.0 Å². The van der Waals surface area contributed by atoms with E-state index in [2.05, 4.69) is 16.0 Å². The number of rotatable bonds is 13. The number of nitro groups is 1. The summed E-state index contributed by atoms with van der Waals surface area (Å²) in [7, 11) is 4.45. The van der Waals surface area contributed by atoms with Crippen molar-refractivity contribution in [3.05, 3.63) is 117 Å². The Balaban J connectivity index is 1.48. The van der Waals surface area contributed by atoms with Crippen molar-refractivity contribution in [1.82, 2.24) is 5.32 Å². The molecule has 0 aromatic heterocycles. The van der Waals surface area contributed by atoms with Crippen LogP contribution in [0.1, 0.15) is 21.5 Å². The number of aryl methyl sites for hydroxylation is 1. The highest BCUT2D eigenvalue weighted by Gasteiger charge is 2.18. The van der Waals surface area contributed by atoms with E-state index < -0.39 is 16.7 Å². The van der Waals surface area contributed by atoms with Gasteiger partial charge in [-0.2, -0.15) is 0 Å². The van der Waals surface area contributed by atoms with Crippen LogP contribution in [0.4, 0.5) is 17.1 Å². The Hall–Kier alpha value is -5.82. The van der Waals surface area contributed by atoms with Crippen LogP contribution in [-0.2, 0) is 9.59 Å². The van der Waals surface area contributed by atoms with Gasteiger partial charge in [-0.25, -0.2) is 0 Å². The van der Waals surface area contributed by atoms with E-state index in [0.29, 0.717) is 45.3 Å². The smallest absolute Gasteiger partial charge is 0.272 e. The second kappa shape index (κ2) is 16.0. The lowest BCUT2D eigenvalue weighted by molar-refractivity contribution is -0.384. The third-order valence-electron chi connectivity index (χ3n) is 6.74. The molecule has 3 amide bonds. The first-order chi connectivity index (χ1) is 22.6. The molecule has 0 aliphatic rings. The van der Waals surface area contributed by atoms with Gasteiger partial charge >= 0.3 is 0 Å². The van der Waals surface area contributed by atoms with Gasteiger partial charge in [-0.15, -0.1) is 11.8 Å². The highest BCUT2D eigenvalue weighted by Crippen LogP contribution is 2.35. The van der Waals surface area contributed by atoms with Crippen molar-refractivity contribution in [2.45, 2.75) is 11.8 Å². The fourth-order valence-corrected chi connectivity index (χ4v) is 5.03. The number of carbonyl (C=O) groups is 3. The van der Waals surface area contributed by atoms with E-state index in [1.807, 2.05) is 0 Å². The number of amides is 3. The number of methoxy groups -OCH3 is 3. The van der Waals surface area contributed by atoms with E-state index in [9.17, 15) is 24.5 Å².